The highest BCUT2D eigenvalue weighted by atomic mass is 79.9. The van der Waals surface area contributed by atoms with Crippen LogP contribution in [0.4, 0.5) is 0 Å². The fraction of sp³-hybridized carbons (Fsp3) is 0.556. The fourth-order valence-electron chi connectivity index (χ4n) is 1.72. The summed E-state index contributed by atoms with van der Waals surface area (Å²) < 4.78 is 6.67. The van der Waals surface area contributed by atoms with Crippen LogP contribution in [0.5, 0.6) is 0 Å². The van der Waals surface area contributed by atoms with E-state index >= 15 is 0 Å². The molecule has 1 aliphatic heterocycles. The lowest BCUT2D eigenvalue weighted by atomic mass is 10.2. The zero-order valence-corrected chi connectivity index (χ0v) is 10.3. The third-order valence-corrected chi connectivity index (χ3v) is 3.18. The predicted molar refractivity (Wildman–Crippen MR) is 60.6 cm³/mol. The second-order valence-electron chi connectivity index (χ2n) is 3.76. The molecule has 2 heterocycles. The van der Waals surface area contributed by atoms with Crippen LogP contribution in [0.2, 0.25) is 0 Å². The molecule has 0 aromatic carbocycles. The van der Waals surface area contributed by atoms with Gasteiger partial charge in [0, 0.05) is 12.6 Å². The molecule has 1 unspecified atom stereocenters. The third kappa shape index (κ3) is 2.34. The molecular formula is C9H11BrN2O5. The first-order valence-electron chi connectivity index (χ1n) is 4.98. The number of ether oxygens (including phenoxy) is 1. The Morgan fingerprint density at radius 3 is 2.88 bits per heavy atom. The molecule has 1 saturated heterocycles. The van der Waals surface area contributed by atoms with Crippen LogP contribution in [0.1, 0.15) is 12.6 Å². The van der Waals surface area contributed by atoms with E-state index in [1.165, 1.54) is 10.8 Å². The van der Waals surface area contributed by atoms with Crippen LogP contribution in [0.25, 0.3) is 0 Å². The maximum absolute atomic E-state index is 11.5. The largest absolute Gasteiger partial charge is 0.394 e. The van der Waals surface area contributed by atoms with Crippen molar-refractivity contribution in [1.29, 1.82) is 0 Å². The molecule has 0 saturated carbocycles. The molecule has 1 aromatic heterocycles. The maximum atomic E-state index is 11.5. The molecule has 1 aromatic rings. The Hall–Kier alpha value is -0.960. The zero-order valence-electron chi connectivity index (χ0n) is 8.67. The summed E-state index contributed by atoms with van der Waals surface area (Å²) in [5.41, 5.74) is -1.14. The molecule has 0 aliphatic carbocycles. The summed E-state index contributed by atoms with van der Waals surface area (Å²) in [6.45, 7) is -0.322. The Labute approximate surface area is 104 Å². The van der Waals surface area contributed by atoms with Gasteiger partial charge in [-0.25, -0.2) is 4.79 Å². The van der Waals surface area contributed by atoms with E-state index in [-0.39, 0.29) is 17.5 Å². The van der Waals surface area contributed by atoms with Crippen LogP contribution in [0, 0.1) is 0 Å². The Morgan fingerprint density at radius 2 is 2.29 bits per heavy atom. The molecule has 17 heavy (non-hydrogen) atoms. The van der Waals surface area contributed by atoms with Crippen molar-refractivity contribution in [2.45, 2.75) is 24.9 Å². The van der Waals surface area contributed by atoms with Crippen LogP contribution in [0.15, 0.2) is 20.3 Å². The maximum Gasteiger partial charge on any atom is 0.330 e. The predicted octanol–water partition coefficient (Wildman–Crippen LogP) is -1.06. The van der Waals surface area contributed by atoms with Crippen molar-refractivity contribution in [3.05, 3.63) is 31.5 Å². The Morgan fingerprint density at radius 1 is 1.59 bits per heavy atom. The third-order valence-electron chi connectivity index (χ3n) is 2.62. The average Bonchev–Trinajstić information content (AvgIpc) is 2.65. The summed E-state index contributed by atoms with van der Waals surface area (Å²) in [6, 6.07) is 0. The molecular weight excluding hydrogens is 296 g/mol. The number of hydrogen-bond donors (Lipinski definition) is 3. The van der Waals surface area contributed by atoms with Gasteiger partial charge in [-0.3, -0.25) is 14.3 Å². The summed E-state index contributed by atoms with van der Waals surface area (Å²) >= 11 is 3.00. The van der Waals surface area contributed by atoms with Gasteiger partial charge in [0.25, 0.3) is 5.56 Å². The van der Waals surface area contributed by atoms with Gasteiger partial charge in [-0.2, -0.15) is 0 Å². The van der Waals surface area contributed by atoms with Crippen molar-refractivity contribution >= 4 is 15.9 Å². The monoisotopic (exact) mass is 306 g/mol. The van der Waals surface area contributed by atoms with E-state index in [0.717, 1.165) is 0 Å². The van der Waals surface area contributed by atoms with Gasteiger partial charge in [0.15, 0.2) is 0 Å². The molecule has 2 rings (SSSR count). The fourth-order valence-corrected chi connectivity index (χ4v) is 2.04. The molecule has 3 N–H and O–H groups in total. The number of aromatic nitrogens is 2. The van der Waals surface area contributed by atoms with Gasteiger partial charge in [-0.15, -0.1) is 0 Å². The van der Waals surface area contributed by atoms with E-state index in [2.05, 4.69) is 20.9 Å². The summed E-state index contributed by atoms with van der Waals surface area (Å²) in [6.07, 6.45) is -0.745. The number of rotatable bonds is 2. The van der Waals surface area contributed by atoms with E-state index in [9.17, 15) is 14.7 Å². The topological polar surface area (TPSA) is 105 Å². The highest BCUT2D eigenvalue weighted by Crippen LogP contribution is 2.27. The molecule has 3 atom stereocenters. The van der Waals surface area contributed by atoms with Crippen LogP contribution >= 0.6 is 15.9 Å². The average molecular weight is 307 g/mol. The first-order chi connectivity index (χ1) is 8.02. The number of nitrogens with one attached hydrogen (secondary N) is 1. The summed E-state index contributed by atoms with van der Waals surface area (Å²) in [5, 5.41) is 18.5. The van der Waals surface area contributed by atoms with Crippen LogP contribution in [-0.4, -0.2) is 38.6 Å². The molecule has 0 amide bonds. The number of halogens is 1. The summed E-state index contributed by atoms with van der Waals surface area (Å²) in [4.78, 5) is 24.8. The Bertz CT molecular complexity index is 525. The number of aromatic amines is 1. The highest BCUT2D eigenvalue weighted by molar-refractivity contribution is 9.10. The molecule has 0 radical (unpaired) electrons. The van der Waals surface area contributed by atoms with Gasteiger partial charge in [0.1, 0.15) is 12.3 Å². The Kier molecular flexibility index (Phi) is 3.48. The van der Waals surface area contributed by atoms with E-state index in [4.69, 9.17) is 9.84 Å². The quantitative estimate of drug-likeness (QED) is 0.646. The molecule has 1 aliphatic rings. The second-order valence-corrected chi connectivity index (χ2v) is 4.61. The molecule has 1 fully saturated rings. The van der Waals surface area contributed by atoms with Crippen molar-refractivity contribution in [2.75, 3.05) is 6.61 Å². The minimum absolute atomic E-state index is 0.184. The van der Waals surface area contributed by atoms with Crippen LogP contribution < -0.4 is 11.2 Å². The van der Waals surface area contributed by atoms with Crippen molar-refractivity contribution in [3.8, 4) is 0 Å². The molecule has 0 spiro atoms. The summed E-state index contributed by atoms with van der Waals surface area (Å²) in [5.74, 6) is 0. The molecule has 0 bridgehead atoms. The zero-order chi connectivity index (χ0) is 12.6. The lowest BCUT2D eigenvalue weighted by Gasteiger charge is -2.14. The van der Waals surface area contributed by atoms with E-state index < -0.39 is 29.7 Å². The van der Waals surface area contributed by atoms with Gasteiger partial charge in [-0.1, -0.05) is 0 Å². The van der Waals surface area contributed by atoms with Crippen LogP contribution in [-0.2, 0) is 4.74 Å². The highest BCUT2D eigenvalue weighted by Gasteiger charge is 2.35. The summed E-state index contributed by atoms with van der Waals surface area (Å²) in [7, 11) is 0. The number of H-pyrrole nitrogens is 1. The normalized spacial score (nSPS) is 28.5. The molecule has 7 nitrogen and oxygen atoms in total. The van der Waals surface area contributed by atoms with Gasteiger partial charge in [0.05, 0.1) is 17.2 Å². The molecule has 8 heteroatoms. The van der Waals surface area contributed by atoms with Gasteiger partial charge < -0.3 is 14.9 Å². The minimum atomic E-state index is -0.831. The Balaban J connectivity index is 2.34. The van der Waals surface area contributed by atoms with Crippen LogP contribution in [0.3, 0.4) is 0 Å². The van der Waals surface area contributed by atoms with Gasteiger partial charge in [-0.05, 0) is 15.9 Å². The second kappa shape index (κ2) is 4.73. The number of aliphatic hydroxyl groups excluding tert-OH is 2. The SMILES string of the molecule is O=c1[nH]c(=O)n([C@H]2CC(O)[C@@H](CO)O2)cc1Br. The van der Waals surface area contributed by atoms with E-state index in [1.54, 1.807) is 0 Å². The molecule has 94 valence electrons. The minimum Gasteiger partial charge on any atom is -0.394 e. The number of nitrogens with zero attached hydrogens (tertiary/aromatic N) is 1. The van der Waals surface area contributed by atoms with E-state index in [0.29, 0.717) is 0 Å². The first kappa shape index (κ1) is 12.5. The van der Waals surface area contributed by atoms with Gasteiger partial charge in [0.2, 0.25) is 0 Å². The number of aliphatic hydroxyl groups is 2. The van der Waals surface area contributed by atoms with E-state index in [1.807, 2.05) is 0 Å². The smallest absolute Gasteiger partial charge is 0.330 e. The van der Waals surface area contributed by atoms with Crippen molar-refractivity contribution in [2.24, 2.45) is 0 Å². The van der Waals surface area contributed by atoms with Gasteiger partial charge >= 0.3 is 5.69 Å². The van der Waals surface area contributed by atoms with Crippen molar-refractivity contribution in [3.63, 3.8) is 0 Å². The number of hydrogen-bond acceptors (Lipinski definition) is 5. The van der Waals surface area contributed by atoms with Crippen molar-refractivity contribution in [1.82, 2.24) is 9.55 Å². The first-order valence-corrected chi connectivity index (χ1v) is 5.77. The lowest BCUT2D eigenvalue weighted by molar-refractivity contribution is -0.0459. The standard InChI is InChI=1S/C9H11BrN2O5/c10-4-2-12(9(16)11-8(4)15)7-1-5(14)6(3-13)17-7/h2,5-7,13-14H,1,3H2,(H,11,15,16)/t5?,6-,7-/m1/s1. The van der Waals surface area contributed by atoms with Crippen molar-refractivity contribution < 1.29 is 14.9 Å². The lowest BCUT2D eigenvalue weighted by Crippen LogP contribution is -2.32.